The van der Waals surface area contributed by atoms with Crippen LogP contribution in [0.15, 0.2) is 20.5 Å². The molecule has 0 aliphatic carbocycles. The maximum Gasteiger partial charge on any atom is 0.346 e. The van der Waals surface area contributed by atoms with Crippen molar-refractivity contribution in [2.45, 2.75) is 58.9 Å². The first-order chi connectivity index (χ1) is 9.04. The molecule has 0 aromatic carbocycles. The highest BCUT2D eigenvalue weighted by molar-refractivity contribution is 6.87. The molecule has 3 nitrogen and oxygen atoms in total. The van der Waals surface area contributed by atoms with Crippen molar-refractivity contribution in [1.29, 1.82) is 0 Å². The second kappa shape index (κ2) is 4.62. The maximum absolute atomic E-state index is 12.0. The zero-order valence-electron chi connectivity index (χ0n) is 13.5. The van der Waals surface area contributed by atoms with E-state index >= 15 is 0 Å². The summed E-state index contributed by atoms with van der Waals surface area (Å²) in [5, 5.41) is 1.48. The summed E-state index contributed by atoms with van der Waals surface area (Å²) in [6.07, 6.45) is 2.04. The zero-order chi connectivity index (χ0) is 15.3. The molecule has 0 amide bonds. The van der Waals surface area contributed by atoms with Crippen LogP contribution in [0, 0.1) is 6.92 Å². The van der Waals surface area contributed by atoms with Gasteiger partial charge in [0.25, 0.3) is 0 Å². The molecular formula is C16H24O3Si. The van der Waals surface area contributed by atoms with Gasteiger partial charge < -0.3 is 9.15 Å². The van der Waals surface area contributed by atoms with E-state index in [9.17, 15) is 4.79 Å². The van der Waals surface area contributed by atoms with E-state index in [0.29, 0.717) is 17.1 Å². The molecule has 1 aliphatic rings. The molecule has 0 bridgehead atoms. The molecule has 2 heterocycles. The molecule has 4 heteroatoms. The van der Waals surface area contributed by atoms with Gasteiger partial charge in [0.2, 0.25) is 0 Å². The van der Waals surface area contributed by atoms with Gasteiger partial charge in [0.15, 0.2) is 0 Å². The van der Waals surface area contributed by atoms with Gasteiger partial charge in [-0.2, -0.15) is 0 Å². The highest BCUT2D eigenvalue weighted by Gasteiger charge is 2.42. The van der Waals surface area contributed by atoms with Crippen molar-refractivity contribution in [2.24, 2.45) is 0 Å². The molecule has 2 rings (SSSR count). The smallest absolute Gasteiger partial charge is 0.346 e. The quantitative estimate of drug-likeness (QED) is 0.730. The van der Waals surface area contributed by atoms with Crippen molar-refractivity contribution in [1.82, 2.24) is 0 Å². The number of fused-ring (bicyclic) bond motifs is 1. The van der Waals surface area contributed by atoms with Crippen molar-refractivity contribution in [2.75, 3.05) is 0 Å². The van der Waals surface area contributed by atoms with E-state index in [1.165, 1.54) is 5.20 Å². The first-order valence-corrected chi connectivity index (χ1v) is 10.1. The fourth-order valence-electron chi connectivity index (χ4n) is 2.47. The Kier molecular flexibility index (Phi) is 3.49. The molecule has 0 N–H and O–H groups in total. The lowest BCUT2D eigenvalue weighted by atomic mass is 10.1. The Hall–Kier alpha value is -1.29. The van der Waals surface area contributed by atoms with Crippen molar-refractivity contribution in [3.8, 4) is 5.75 Å². The molecule has 1 aliphatic heterocycles. The molecule has 0 saturated heterocycles. The van der Waals surface area contributed by atoms with Gasteiger partial charge >= 0.3 is 5.63 Å². The zero-order valence-corrected chi connectivity index (χ0v) is 14.5. The summed E-state index contributed by atoms with van der Waals surface area (Å²) in [4.78, 5) is 12.0. The Morgan fingerprint density at radius 3 is 2.40 bits per heavy atom. The number of ether oxygens (including phenoxy) is 1. The van der Waals surface area contributed by atoms with Crippen LogP contribution in [0.25, 0.3) is 6.08 Å². The van der Waals surface area contributed by atoms with Crippen LogP contribution in [0.2, 0.25) is 18.1 Å². The van der Waals surface area contributed by atoms with Crippen molar-refractivity contribution in [3.63, 3.8) is 0 Å². The molecule has 0 spiro atoms. The molecule has 1 unspecified atom stereocenters. The average molecular weight is 292 g/mol. The topological polar surface area (TPSA) is 39.4 Å². The van der Waals surface area contributed by atoms with E-state index in [1.807, 2.05) is 6.08 Å². The summed E-state index contributed by atoms with van der Waals surface area (Å²) >= 11 is 0. The van der Waals surface area contributed by atoms with E-state index in [4.69, 9.17) is 9.15 Å². The van der Waals surface area contributed by atoms with Crippen molar-refractivity contribution >= 4 is 14.1 Å². The van der Waals surface area contributed by atoms with Crippen LogP contribution in [-0.4, -0.2) is 14.2 Å². The lowest BCUT2D eigenvalue weighted by Crippen LogP contribution is -2.45. The second-order valence-corrected chi connectivity index (χ2v) is 12.5. The van der Waals surface area contributed by atoms with E-state index < -0.39 is 8.07 Å². The van der Waals surface area contributed by atoms with E-state index in [1.54, 1.807) is 13.0 Å². The molecule has 0 saturated carbocycles. The summed E-state index contributed by atoms with van der Waals surface area (Å²) in [5.41, 5.74) is 0.261. The largest absolute Gasteiger partial charge is 0.486 e. The number of hydrogen-bond acceptors (Lipinski definition) is 3. The van der Waals surface area contributed by atoms with E-state index in [0.717, 1.165) is 0 Å². The van der Waals surface area contributed by atoms with E-state index in [2.05, 4.69) is 40.8 Å². The molecule has 110 valence electrons. The van der Waals surface area contributed by atoms with Gasteiger partial charge in [-0.3, -0.25) is 0 Å². The third kappa shape index (κ3) is 2.37. The fourth-order valence-corrected chi connectivity index (χ4v) is 4.92. The lowest BCUT2D eigenvalue weighted by Gasteiger charge is -2.42. The van der Waals surface area contributed by atoms with Gasteiger partial charge in [-0.1, -0.05) is 33.9 Å². The molecule has 0 fully saturated rings. The van der Waals surface area contributed by atoms with Gasteiger partial charge in [-0.05, 0) is 30.2 Å². The first-order valence-electron chi connectivity index (χ1n) is 7.07. The van der Waals surface area contributed by atoms with Gasteiger partial charge in [-0.25, -0.2) is 4.79 Å². The minimum absolute atomic E-state index is 0.0181. The van der Waals surface area contributed by atoms with Crippen LogP contribution >= 0.6 is 0 Å². The second-order valence-electron chi connectivity index (χ2n) is 7.16. The molecule has 1 aromatic rings. The molecule has 1 aromatic heterocycles. The van der Waals surface area contributed by atoms with Crippen LogP contribution in [0.3, 0.4) is 0 Å². The van der Waals surface area contributed by atoms with Crippen LogP contribution in [0.5, 0.6) is 5.75 Å². The Balaban J connectivity index is 2.62. The highest BCUT2D eigenvalue weighted by Crippen LogP contribution is 2.44. The van der Waals surface area contributed by atoms with Gasteiger partial charge in [-0.15, -0.1) is 0 Å². The summed E-state index contributed by atoms with van der Waals surface area (Å²) in [6, 6.07) is 1.80. The average Bonchev–Trinajstić information content (AvgIpc) is 2.25. The summed E-state index contributed by atoms with van der Waals surface area (Å²) in [7, 11) is -1.72. The Morgan fingerprint density at radius 2 is 1.85 bits per heavy atom. The Morgan fingerprint density at radius 1 is 1.25 bits per heavy atom. The van der Waals surface area contributed by atoms with Crippen molar-refractivity contribution in [3.05, 3.63) is 33.0 Å². The maximum atomic E-state index is 12.0. The number of aryl methyl sites for hydroxylation is 1. The Labute approximate surface area is 121 Å². The monoisotopic (exact) mass is 292 g/mol. The predicted octanol–water partition coefficient (Wildman–Crippen LogP) is 4.16. The van der Waals surface area contributed by atoms with Crippen LogP contribution in [0.1, 0.15) is 39.0 Å². The normalized spacial score (nSPS) is 19.1. The standard InChI is InChI=1S/C16H24O3Si/c1-10-8-13-12(15(17)18-10)9-14(11(2)19-13)20(6,7)16(3,4)5/h8-9,11H,1-7H3. The summed E-state index contributed by atoms with van der Waals surface area (Å²) in [5.74, 6) is 1.24. The van der Waals surface area contributed by atoms with E-state index in [-0.39, 0.29) is 16.8 Å². The summed E-state index contributed by atoms with van der Waals surface area (Å²) in [6.45, 7) is 15.3. The third-order valence-electron chi connectivity index (χ3n) is 4.71. The fraction of sp³-hybridized carbons (Fsp3) is 0.562. The summed E-state index contributed by atoms with van der Waals surface area (Å²) < 4.78 is 11.2. The molecule has 1 atom stereocenters. The van der Waals surface area contributed by atoms with Crippen LogP contribution in [-0.2, 0) is 0 Å². The highest BCUT2D eigenvalue weighted by atomic mass is 28.3. The SMILES string of the molecule is Cc1cc2c(c(=O)o1)C=C([Si](C)(C)C(C)(C)C)C(C)O2. The minimum atomic E-state index is -1.72. The van der Waals surface area contributed by atoms with Gasteiger partial charge in [0, 0.05) is 6.07 Å². The van der Waals surface area contributed by atoms with Gasteiger partial charge in [0.1, 0.15) is 23.2 Å². The lowest BCUT2D eigenvalue weighted by molar-refractivity contribution is 0.254. The third-order valence-corrected chi connectivity index (χ3v) is 10.5. The van der Waals surface area contributed by atoms with Gasteiger partial charge in [0.05, 0.1) is 8.07 Å². The molecule has 0 radical (unpaired) electrons. The minimum Gasteiger partial charge on any atom is -0.486 e. The first kappa shape index (κ1) is 15.1. The van der Waals surface area contributed by atoms with Crippen LogP contribution < -0.4 is 10.4 Å². The number of hydrogen-bond donors (Lipinski definition) is 0. The molecular weight excluding hydrogens is 268 g/mol. The Bertz CT molecular complexity index is 618. The molecule has 20 heavy (non-hydrogen) atoms. The van der Waals surface area contributed by atoms with Crippen LogP contribution in [0.4, 0.5) is 0 Å². The van der Waals surface area contributed by atoms with Crippen molar-refractivity contribution < 1.29 is 9.15 Å². The predicted molar refractivity (Wildman–Crippen MR) is 85.0 cm³/mol. The number of rotatable bonds is 1.